The molecule has 1 amide bonds. The minimum atomic E-state index is -3.68. The number of nitrogens with zero attached hydrogens (tertiary/aromatic N) is 2. The molecule has 0 radical (unpaired) electrons. The Morgan fingerprint density at radius 3 is 2.22 bits per heavy atom. The van der Waals surface area contributed by atoms with Crippen molar-refractivity contribution in [1.29, 1.82) is 0 Å². The molecule has 0 spiro atoms. The highest BCUT2D eigenvalue weighted by Crippen LogP contribution is 2.23. The molecule has 1 rings (SSSR count). The molecule has 0 unspecified atom stereocenters. The number of halogens is 1. The molecule has 0 aliphatic carbocycles. The standard InChI is InChI=1S/C14H19BrN2O5S/c1-9(13(18)16(2)3)22-14(19)11-8-10(6-7-12(11)15)23(20,21)17(4)5/h6-9H,1-5H3/t9-/m0/s1. The van der Waals surface area contributed by atoms with Gasteiger partial charge in [-0.25, -0.2) is 17.5 Å². The van der Waals surface area contributed by atoms with Crippen LogP contribution in [0.5, 0.6) is 0 Å². The van der Waals surface area contributed by atoms with Crippen LogP contribution in [0.2, 0.25) is 0 Å². The fraction of sp³-hybridized carbons (Fsp3) is 0.429. The lowest BCUT2D eigenvalue weighted by atomic mass is 10.2. The van der Waals surface area contributed by atoms with Gasteiger partial charge < -0.3 is 9.64 Å². The topological polar surface area (TPSA) is 84.0 Å². The van der Waals surface area contributed by atoms with E-state index in [2.05, 4.69) is 15.9 Å². The van der Waals surface area contributed by atoms with Crippen molar-refractivity contribution in [3.8, 4) is 0 Å². The van der Waals surface area contributed by atoms with Crippen LogP contribution in [0.15, 0.2) is 27.6 Å². The van der Waals surface area contributed by atoms with Crippen LogP contribution in [0, 0.1) is 0 Å². The van der Waals surface area contributed by atoms with Crippen LogP contribution in [-0.2, 0) is 19.6 Å². The number of carbonyl (C=O) groups is 2. The van der Waals surface area contributed by atoms with Gasteiger partial charge in [0.2, 0.25) is 10.0 Å². The number of hydrogen-bond donors (Lipinski definition) is 0. The Morgan fingerprint density at radius 2 is 1.74 bits per heavy atom. The van der Waals surface area contributed by atoms with Crippen molar-refractivity contribution in [1.82, 2.24) is 9.21 Å². The molecular weight excluding hydrogens is 388 g/mol. The van der Waals surface area contributed by atoms with Crippen LogP contribution in [0.4, 0.5) is 0 Å². The molecule has 1 aromatic carbocycles. The fourth-order valence-corrected chi connectivity index (χ4v) is 3.01. The minimum Gasteiger partial charge on any atom is -0.449 e. The van der Waals surface area contributed by atoms with Gasteiger partial charge in [-0.05, 0) is 41.1 Å². The van der Waals surface area contributed by atoms with E-state index in [1.165, 1.54) is 44.1 Å². The summed E-state index contributed by atoms with van der Waals surface area (Å²) in [6.45, 7) is 1.45. The predicted molar refractivity (Wildman–Crippen MR) is 88.6 cm³/mol. The lowest BCUT2D eigenvalue weighted by molar-refractivity contribution is -0.137. The second kappa shape index (κ2) is 7.41. The second-order valence-corrected chi connectivity index (χ2v) is 8.22. The minimum absolute atomic E-state index is 0.0336. The Bertz CT molecular complexity index is 716. The summed E-state index contributed by atoms with van der Waals surface area (Å²) >= 11 is 3.19. The Kier molecular flexibility index (Phi) is 6.32. The normalized spacial score (nSPS) is 12.8. The summed E-state index contributed by atoms with van der Waals surface area (Å²) in [6, 6.07) is 4.05. The molecule has 128 valence electrons. The number of rotatable bonds is 5. The fourth-order valence-electron chi connectivity index (χ4n) is 1.67. The first-order valence-corrected chi connectivity index (χ1v) is 8.86. The maximum Gasteiger partial charge on any atom is 0.340 e. The number of esters is 1. The summed E-state index contributed by atoms with van der Waals surface area (Å²) in [6.07, 6.45) is -0.974. The smallest absolute Gasteiger partial charge is 0.340 e. The Hall–Kier alpha value is -1.45. The van der Waals surface area contributed by atoms with Gasteiger partial charge in [-0.2, -0.15) is 0 Å². The maximum absolute atomic E-state index is 12.2. The average Bonchev–Trinajstić information content (AvgIpc) is 2.45. The molecule has 0 fully saturated rings. The van der Waals surface area contributed by atoms with Crippen molar-refractivity contribution in [2.75, 3.05) is 28.2 Å². The molecule has 0 heterocycles. The first kappa shape index (κ1) is 19.6. The highest BCUT2D eigenvalue weighted by atomic mass is 79.9. The van der Waals surface area contributed by atoms with Gasteiger partial charge >= 0.3 is 5.97 Å². The quantitative estimate of drug-likeness (QED) is 0.688. The Balaban J connectivity index is 3.14. The van der Waals surface area contributed by atoms with E-state index in [-0.39, 0.29) is 16.4 Å². The molecule has 9 heteroatoms. The molecule has 1 atom stereocenters. The van der Waals surface area contributed by atoms with Crippen molar-refractivity contribution >= 4 is 37.8 Å². The monoisotopic (exact) mass is 406 g/mol. The number of ether oxygens (including phenoxy) is 1. The molecule has 0 aromatic heterocycles. The first-order chi connectivity index (χ1) is 10.5. The number of sulfonamides is 1. The summed E-state index contributed by atoms with van der Waals surface area (Å²) in [5.74, 6) is -1.15. The SMILES string of the molecule is C[C@H](OC(=O)c1cc(S(=O)(=O)N(C)C)ccc1Br)C(=O)N(C)C. The number of carbonyl (C=O) groups excluding carboxylic acids is 2. The molecule has 7 nitrogen and oxygen atoms in total. The number of amides is 1. The molecule has 0 bridgehead atoms. The van der Waals surface area contributed by atoms with Crippen LogP contribution in [0.1, 0.15) is 17.3 Å². The number of benzene rings is 1. The van der Waals surface area contributed by atoms with Crippen molar-refractivity contribution in [2.24, 2.45) is 0 Å². The van der Waals surface area contributed by atoms with E-state index in [1.807, 2.05) is 0 Å². The van der Waals surface area contributed by atoms with E-state index in [1.54, 1.807) is 14.1 Å². The molecule has 0 N–H and O–H groups in total. The van der Waals surface area contributed by atoms with Gasteiger partial charge in [0.25, 0.3) is 5.91 Å². The third kappa shape index (κ3) is 4.52. The Labute approximate surface area is 144 Å². The van der Waals surface area contributed by atoms with Crippen molar-refractivity contribution < 1.29 is 22.7 Å². The summed E-state index contributed by atoms with van der Waals surface area (Å²) < 4.78 is 30.8. The highest BCUT2D eigenvalue weighted by Gasteiger charge is 2.24. The summed E-state index contributed by atoms with van der Waals surface area (Å²) in [7, 11) is 2.21. The molecule has 0 saturated heterocycles. The largest absolute Gasteiger partial charge is 0.449 e. The van der Waals surface area contributed by atoms with Gasteiger partial charge in [0.1, 0.15) is 0 Å². The second-order valence-electron chi connectivity index (χ2n) is 5.21. The van der Waals surface area contributed by atoms with E-state index < -0.39 is 22.1 Å². The highest BCUT2D eigenvalue weighted by molar-refractivity contribution is 9.10. The zero-order valence-electron chi connectivity index (χ0n) is 13.5. The van der Waals surface area contributed by atoms with E-state index in [9.17, 15) is 18.0 Å². The van der Waals surface area contributed by atoms with Crippen LogP contribution >= 0.6 is 15.9 Å². The Morgan fingerprint density at radius 1 is 1.17 bits per heavy atom. The molecule has 23 heavy (non-hydrogen) atoms. The zero-order chi connectivity index (χ0) is 17.9. The molecule has 1 aromatic rings. The lowest BCUT2D eigenvalue weighted by Gasteiger charge is -2.18. The first-order valence-electron chi connectivity index (χ1n) is 6.62. The molecule has 0 aliphatic rings. The van der Waals surface area contributed by atoms with Crippen LogP contribution in [0.3, 0.4) is 0 Å². The number of likely N-dealkylation sites (N-methyl/N-ethyl adjacent to an activating group) is 1. The van der Waals surface area contributed by atoms with Crippen molar-refractivity contribution in [2.45, 2.75) is 17.9 Å². The molecule has 0 saturated carbocycles. The van der Waals surface area contributed by atoms with Gasteiger partial charge in [0.05, 0.1) is 10.5 Å². The van der Waals surface area contributed by atoms with E-state index in [0.29, 0.717) is 4.47 Å². The molecule has 0 aliphatic heterocycles. The average molecular weight is 407 g/mol. The van der Waals surface area contributed by atoms with Gasteiger partial charge in [-0.3, -0.25) is 4.79 Å². The predicted octanol–water partition coefficient (Wildman–Crippen LogP) is 1.33. The van der Waals surface area contributed by atoms with Crippen LogP contribution < -0.4 is 0 Å². The zero-order valence-corrected chi connectivity index (χ0v) is 15.9. The van der Waals surface area contributed by atoms with Crippen molar-refractivity contribution in [3.05, 3.63) is 28.2 Å². The van der Waals surface area contributed by atoms with E-state index in [4.69, 9.17) is 4.74 Å². The number of hydrogen-bond acceptors (Lipinski definition) is 5. The summed E-state index contributed by atoms with van der Waals surface area (Å²) in [5.41, 5.74) is 0.0336. The van der Waals surface area contributed by atoms with Gasteiger partial charge in [-0.1, -0.05) is 0 Å². The van der Waals surface area contributed by atoms with Crippen molar-refractivity contribution in [3.63, 3.8) is 0 Å². The van der Waals surface area contributed by atoms with Gasteiger partial charge in [-0.15, -0.1) is 0 Å². The van der Waals surface area contributed by atoms with Crippen LogP contribution in [-0.4, -0.2) is 63.8 Å². The van der Waals surface area contributed by atoms with Crippen LogP contribution in [0.25, 0.3) is 0 Å². The van der Waals surface area contributed by atoms with E-state index >= 15 is 0 Å². The van der Waals surface area contributed by atoms with E-state index in [0.717, 1.165) is 4.31 Å². The third-order valence-corrected chi connectivity index (χ3v) is 5.51. The third-order valence-electron chi connectivity index (χ3n) is 3.01. The molecular formula is C14H19BrN2O5S. The maximum atomic E-state index is 12.2. The lowest BCUT2D eigenvalue weighted by Crippen LogP contribution is -2.35. The van der Waals surface area contributed by atoms with Gasteiger partial charge in [0.15, 0.2) is 6.10 Å². The summed E-state index contributed by atoms with van der Waals surface area (Å²) in [5, 5.41) is 0. The summed E-state index contributed by atoms with van der Waals surface area (Å²) in [4.78, 5) is 25.2. The van der Waals surface area contributed by atoms with Gasteiger partial charge in [0, 0.05) is 32.7 Å².